The van der Waals surface area contributed by atoms with Crippen LogP contribution < -0.4 is 5.73 Å². The van der Waals surface area contributed by atoms with Crippen LogP contribution in [-0.2, 0) is 19.5 Å². The van der Waals surface area contributed by atoms with Gasteiger partial charge in [0, 0.05) is 30.7 Å². The highest BCUT2D eigenvalue weighted by Crippen LogP contribution is 2.25. The van der Waals surface area contributed by atoms with Crippen LogP contribution in [0.15, 0.2) is 29.8 Å². The molecule has 5 heteroatoms. The Morgan fingerprint density at radius 1 is 1.47 bits per heavy atom. The molecule has 0 amide bonds. The lowest BCUT2D eigenvalue weighted by molar-refractivity contribution is 0.247. The smallest absolute Gasteiger partial charge is 0.123 e. The summed E-state index contributed by atoms with van der Waals surface area (Å²) >= 11 is 6.93. The number of aromatic nitrogens is 1. The van der Waals surface area contributed by atoms with Crippen LogP contribution in [0.3, 0.4) is 0 Å². The molecule has 0 saturated heterocycles. The average molecular weight is 289 g/mol. The van der Waals surface area contributed by atoms with Crippen molar-refractivity contribution in [3.05, 3.63) is 51.5 Å². The average Bonchev–Trinajstić information content (AvgIpc) is 2.86. The molecule has 19 heavy (non-hydrogen) atoms. The van der Waals surface area contributed by atoms with Gasteiger partial charge in [0.05, 0.1) is 0 Å². The van der Waals surface area contributed by atoms with Crippen molar-refractivity contribution in [2.45, 2.75) is 19.5 Å². The molecule has 2 N–H and O–H groups in total. The number of nitrogens with two attached hydrogens (primary N) is 1. The van der Waals surface area contributed by atoms with E-state index in [2.05, 4.69) is 27.4 Å². The summed E-state index contributed by atoms with van der Waals surface area (Å²) in [6.07, 6.45) is 2.88. The fraction of sp³-hybridized carbons (Fsp3) is 0.286. The predicted octanol–water partition coefficient (Wildman–Crippen LogP) is 2.34. The minimum atomic E-state index is 0.379. The zero-order valence-electron chi connectivity index (χ0n) is 10.5. The number of nitrogens with zero attached hydrogens (tertiary/aromatic N) is 2. The van der Waals surface area contributed by atoms with E-state index in [1.54, 1.807) is 6.20 Å². The van der Waals surface area contributed by atoms with Crippen molar-refractivity contribution < 1.29 is 0 Å². The maximum absolute atomic E-state index is 5.73. The van der Waals surface area contributed by atoms with Gasteiger partial charge in [0.2, 0.25) is 0 Å². The van der Waals surface area contributed by atoms with E-state index in [4.69, 9.17) is 18.0 Å². The van der Waals surface area contributed by atoms with E-state index in [0.717, 1.165) is 37.3 Å². The summed E-state index contributed by atoms with van der Waals surface area (Å²) in [5.41, 5.74) is 9.06. The Kier molecular flexibility index (Phi) is 3.59. The molecule has 0 aromatic carbocycles. The predicted molar refractivity (Wildman–Crippen MR) is 82.3 cm³/mol. The van der Waals surface area contributed by atoms with Crippen molar-refractivity contribution in [1.82, 2.24) is 9.88 Å². The van der Waals surface area contributed by atoms with Crippen LogP contribution in [0, 0.1) is 0 Å². The van der Waals surface area contributed by atoms with Crippen LogP contribution in [0.4, 0.5) is 0 Å². The molecule has 3 rings (SSSR count). The van der Waals surface area contributed by atoms with E-state index < -0.39 is 0 Å². The Hall–Kier alpha value is -1.30. The number of hydrogen-bond acceptors (Lipinski definition) is 4. The maximum Gasteiger partial charge on any atom is 0.123 e. The van der Waals surface area contributed by atoms with Gasteiger partial charge in [0.15, 0.2) is 0 Å². The highest BCUT2D eigenvalue weighted by atomic mass is 32.1. The van der Waals surface area contributed by atoms with Crippen molar-refractivity contribution in [2.75, 3.05) is 6.54 Å². The third-order valence-electron chi connectivity index (χ3n) is 3.41. The van der Waals surface area contributed by atoms with Gasteiger partial charge >= 0.3 is 0 Å². The molecule has 0 atom stereocenters. The lowest BCUT2D eigenvalue weighted by Crippen LogP contribution is -2.30. The number of thiophene rings is 1. The maximum atomic E-state index is 5.73. The molecule has 0 bridgehead atoms. The first kappa shape index (κ1) is 12.7. The zero-order valence-corrected chi connectivity index (χ0v) is 12.1. The summed E-state index contributed by atoms with van der Waals surface area (Å²) in [6, 6.07) is 6.23. The summed E-state index contributed by atoms with van der Waals surface area (Å²) in [5.74, 6) is 0. The van der Waals surface area contributed by atoms with Gasteiger partial charge in [0.1, 0.15) is 10.7 Å². The number of hydrogen-bond donors (Lipinski definition) is 1. The molecule has 0 radical (unpaired) electrons. The minimum Gasteiger partial charge on any atom is -0.388 e. The Bertz CT molecular complexity index is 606. The Morgan fingerprint density at radius 2 is 2.37 bits per heavy atom. The second kappa shape index (κ2) is 5.36. The summed E-state index contributed by atoms with van der Waals surface area (Å²) in [4.78, 5) is 8.62. The lowest BCUT2D eigenvalue weighted by Gasteiger charge is -2.27. The van der Waals surface area contributed by atoms with Crippen LogP contribution in [0.1, 0.15) is 21.7 Å². The van der Waals surface area contributed by atoms with Gasteiger partial charge in [-0.2, -0.15) is 0 Å². The van der Waals surface area contributed by atoms with E-state index in [-0.39, 0.29) is 0 Å². The van der Waals surface area contributed by atoms with Gasteiger partial charge in [-0.25, -0.2) is 0 Å². The van der Waals surface area contributed by atoms with Crippen LogP contribution in [0.2, 0.25) is 0 Å². The minimum absolute atomic E-state index is 0.379. The van der Waals surface area contributed by atoms with Crippen molar-refractivity contribution in [3.8, 4) is 0 Å². The van der Waals surface area contributed by atoms with Crippen LogP contribution in [-0.4, -0.2) is 21.4 Å². The summed E-state index contributed by atoms with van der Waals surface area (Å²) in [5, 5.41) is 2.18. The van der Waals surface area contributed by atoms with E-state index in [9.17, 15) is 0 Å². The van der Waals surface area contributed by atoms with Gasteiger partial charge in [-0.15, -0.1) is 11.3 Å². The monoisotopic (exact) mass is 289 g/mol. The van der Waals surface area contributed by atoms with Gasteiger partial charge in [0.25, 0.3) is 0 Å². The van der Waals surface area contributed by atoms with Crippen molar-refractivity contribution in [1.29, 1.82) is 0 Å². The van der Waals surface area contributed by atoms with Crippen molar-refractivity contribution >= 4 is 28.5 Å². The molecule has 0 spiro atoms. The van der Waals surface area contributed by atoms with Gasteiger partial charge in [-0.05, 0) is 35.1 Å². The van der Waals surface area contributed by atoms with Crippen molar-refractivity contribution in [2.24, 2.45) is 5.73 Å². The molecule has 3 nitrogen and oxygen atoms in total. The first-order valence-corrected chi connectivity index (χ1v) is 7.54. The topological polar surface area (TPSA) is 42.1 Å². The fourth-order valence-electron chi connectivity index (χ4n) is 2.47. The van der Waals surface area contributed by atoms with Gasteiger partial charge < -0.3 is 5.73 Å². The van der Waals surface area contributed by atoms with E-state index in [1.807, 2.05) is 17.4 Å². The molecule has 98 valence electrons. The molecular weight excluding hydrogens is 274 g/mol. The molecule has 1 aliphatic rings. The Morgan fingerprint density at radius 3 is 3.21 bits per heavy atom. The molecule has 1 aliphatic heterocycles. The van der Waals surface area contributed by atoms with Crippen LogP contribution in [0.5, 0.6) is 0 Å². The van der Waals surface area contributed by atoms with Gasteiger partial charge in [-0.1, -0.05) is 18.3 Å². The molecule has 2 aromatic rings. The largest absolute Gasteiger partial charge is 0.388 e. The summed E-state index contributed by atoms with van der Waals surface area (Å²) in [6.45, 7) is 2.94. The second-order valence-electron chi connectivity index (χ2n) is 4.71. The highest BCUT2D eigenvalue weighted by Gasteiger charge is 2.18. The molecule has 2 aromatic heterocycles. The summed E-state index contributed by atoms with van der Waals surface area (Å²) < 4.78 is 0. The van der Waals surface area contributed by atoms with Crippen molar-refractivity contribution in [3.63, 3.8) is 0 Å². The Balaban J connectivity index is 1.78. The van der Waals surface area contributed by atoms with E-state index >= 15 is 0 Å². The molecular formula is C14H15N3S2. The molecule has 0 saturated carbocycles. The van der Waals surface area contributed by atoms with Crippen LogP contribution >= 0.6 is 23.6 Å². The van der Waals surface area contributed by atoms with Gasteiger partial charge in [-0.3, -0.25) is 9.88 Å². The highest BCUT2D eigenvalue weighted by molar-refractivity contribution is 7.80. The fourth-order valence-corrected chi connectivity index (χ4v) is 3.54. The van der Waals surface area contributed by atoms with E-state index in [1.165, 1.54) is 10.4 Å². The number of thiocarbonyl (C=S) groups is 1. The summed E-state index contributed by atoms with van der Waals surface area (Å²) in [7, 11) is 0. The molecule has 3 heterocycles. The quantitative estimate of drug-likeness (QED) is 0.881. The first-order chi connectivity index (χ1) is 9.24. The number of fused-ring (bicyclic) bond motifs is 1. The standard InChI is InChI=1S/C14H15N3S2/c15-14(18)13-11(2-1-5-16-13)9-17-6-3-12-10(8-17)4-7-19-12/h1-2,4-5,7H,3,6,8-9H2,(H2,15,18). The first-order valence-electron chi connectivity index (χ1n) is 6.25. The van der Waals surface area contributed by atoms with Crippen LogP contribution in [0.25, 0.3) is 0 Å². The van der Waals surface area contributed by atoms with E-state index in [0.29, 0.717) is 4.99 Å². The number of rotatable bonds is 3. The lowest BCUT2D eigenvalue weighted by atomic mass is 10.1. The zero-order chi connectivity index (χ0) is 13.2. The Labute approximate surface area is 122 Å². The molecule has 0 fully saturated rings. The second-order valence-corrected chi connectivity index (χ2v) is 6.15. The normalized spacial score (nSPS) is 15.2. The number of pyridine rings is 1. The molecule has 0 unspecified atom stereocenters. The third kappa shape index (κ3) is 2.68. The third-order valence-corrected chi connectivity index (χ3v) is 4.62. The molecule has 0 aliphatic carbocycles. The SMILES string of the molecule is NC(=S)c1ncccc1CN1CCc2sccc2C1.